The third kappa shape index (κ3) is 1.77. The maximum atomic E-state index is 13.4. The summed E-state index contributed by atoms with van der Waals surface area (Å²) in [6, 6.07) is 1.09. The second-order valence-corrected chi connectivity index (χ2v) is 4.61. The normalized spacial score (nSPS) is 19.5. The summed E-state index contributed by atoms with van der Waals surface area (Å²) in [5, 5.41) is 2.85. The lowest BCUT2D eigenvalue weighted by atomic mass is 9.86. The minimum absolute atomic E-state index is 0.121. The van der Waals surface area contributed by atoms with Crippen LogP contribution in [0.4, 0.5) is 18.9 Å². The van der Waals surface area contributed by atoms with E-state index < -0.39 is 17.5 Å². The van der Waals surface area contributed by atoms with Crippen LogP contribution < -0.4 is 5.32 Å². The monoisotopic (exact) mass is 229 g/mol. The Labute approximate surface area is 92.7 Å². The van der Waals surface area contributed by atoms with Gasteiger partial charge in [-0.25, -0.2) is 13.2 Å². The van der Waals surface area contributed by atoms with Crippen molar-refractivity contribution in [2.45, 2.75) is 20.3 Å². The fourth-order valence-corrected chi connectivity index (χ4v) is 2.06. The molecule has 1 nitrogen and oxygen atoms in total. The first-order valence-corrected chi connectivity index (χ1v) is 5.41. The summed E-state index contributed by atoms with van der Waals surface area (Å²) in [4.78, 5) is 0. The molecule has 1 aromatic rings. The van der Waals surface area contributed by atoms with Gasteiger partial charge in [-0.2, -0.15) is 0 Å². The molecule has 16 heavy (non-hydrogen) atoms. The standard InChI is InChI=1S/C12H14F3N/c1-6(2)8-3-7-4-9(13)10(14)11(15)12(7)16-5-8/h4,6,8,16H,3,5H2,1-2H3. The van der Waals surface area contributed by atoms with Gasteiger partial charge in [-0.3, -0.25) is 0 Å². The zero-order valence-electron chi connectivity index (χ0n) is 9.28. The van der Waals surface area contributed by atoms with Crippen LogP contribution in [0.5, 0.6) is 0 Å². The van der Waals surface area contributed by atoms with Gasteiger partial charge in [-0.1, -0.05) is 13.8 Å². The molecule has 0 aliphatic carbocycles. The van der Waals surface area contributed by atoms with Gasteiger partial charge in [0.2, 0.25) is 0 Å². The van der Waals surface area contributed by atoms with Crippen LogP contribution in [0.2, 0.25) is 0 Å². The number of nitrogens with one attached hydrogen (secondary N) is 1. The van der Waals surface area contributed by atoms with E-state index in [1.165, 1.54) is 0 Å². The highest BCUT2D eigenvalue weighted by atomic mass is 19.2. The Morgan fingerprint density at radius 2 is 1.94 bits per heavy atom. The molecule has 4 heteroatoms. The van der Waals surface area contributed by atoms with Crippen molar-refractivity contribution in [1.82, 2.24) is 0 Å². The molecule has 0 saturated carbocycles. The minimum Gasteiger partial charge on any atom is -0.382 e. The van der Waals surface area contributed by atoms with Crippen LogP contribution in [-0.4, -0.2) is 6.54 Å². The van der Waals surface area contributed by atoms with Crippen molar-refractivity contribution in [1.29, 1.82) is 0 Å². The van der Waals surface area contributed by atoms with Gasteiger partial charge in [-0.15, -0.1) is 0 Å². The van der Waals surface area contributed by atoms with Crippen LogP contribution in [0, 0.1) is 29.3 Å². The molecule has 2 rings (SSSR count). The lowest BCUT2D eigenvalue weighted by Crippen LogP contribution is -2.28. The van der Waals surface area contributed by atoms with E-state index >= 15 is 0 Å². The molecule has 0 aromatic heterocycles. The third-order valence-corrected chi connectivity index (χ3v) is 3.21. The van der Waals surface area contributed by atoms with E-state index in [1.807, 2.05) is 0 Å². The average molecular weight is 229 g/mol. The van der Waals surface area contributed by atoms with Gasteiger partial charge in [0, 0.05) is 6.54 Å². The molecule has 0 bridgehead atoms. The Bertz CT molecular complexity index is 415. The molecule has 0 fully saturated rings. The van der Waals surface area contributed by atoms with Crippen LogP contribution in [0.3, 0.4) is 0 Å². The summed E-state index contributed by atoms with van der Waals surface area (Å²) in [6.07, 6.45) is 0.591. The Balaban J connectivity index is 2.40. The fraction of sp³-hybridized carbons (Fsp3) is 0.500. The molecule has 1 unspecified atom stereocenters. The van der Waals surface area contributed by atoms with Crippen molar-refractivity contribution >= 4 is 5.69 Å². The molecule has 1 aliphatic rings. The molecule has 0 amide bonds. The molecule has 0 saturated heterocycles. The summed E-state index contributed by atoms with van der Waals surface area (Å²) >= 11 is 0. The summed E-state index contributed by atoms with van der Waals surface area (Å²) in [7, 11) is 0. The second-order valence-electron chi connectivity index (χ2n) is 4.61. The van der Waals surface area contributed by atoms with Gasteiger partial charge in [0.25, 0.3) is 0 Å². The number of anilines is 1. The van der Waals surface area contributed by atoms with E-state index in [-0.39, 0.29) is 5.69 Å². The van der Waals surface area contributed by atoms with Gasteiger partial charge in [0.1, 0.15) is 0 Å². The van der Waals surface area contributed by atoms with Crippen molar-refractivity contribution in [3.63, 3.8) is 0 Å². The summed E-state index contributed by atoms with van der Waals surface area (Å²) in [6.45, 7) is 4.73. The van der Waals surface area contributed by atoms with Crippen molar-refractivity contribution in [3.05, 3.63) is 29.1 Å². The lowest BCUT2D eigenvalue weighted by molar-refractivity contribution is 0.384. The van der Waals surface area contributed by atoms with E-state index in [9.17, 15) is 13.2 Å². The Kier molecular flexibility index (Phi) is 2.82. The van der Waals surface area contributed by atoms with E-state index in [4.69, 9.17) is 0 Å². The molecule has 88 valence electrons. The number of benzene rings is 1. The predicted molar refractivity (Wildman–Crippen MR) is 56.8 cm³/mol. The average Bonchev–Trinajstić information content (AvgIpc) is 2.25. The maximum Gasteiger partial charge on any atom is 0.196 e. The van der Waals surface area contributed by atoms with Gasteiger partial charge in [0.05, 0.1) is 5.69 Å². The molecular weight excluding hydrogens is 215 g/mol. The molecule has 1 atom stereocenters. The number of fused-ring (bicyclic) bond motifs is 1. The zero-order chi connectivity index (χ0) is 11.9. The number of hydrogen-bond acceptors (Lipinski definition) is 1. The lowest BCUT2D eigenvalue weighted by Gasteiger charge is -2.29. The highest BCUT2D eigenvalue weighted by molar-refractivity contribution is 5.55. The minimum atomic E-state index is -1.39. The Hall–Kier alpha value is -1.19. The van der Waals surface area contributed by atoms with Crippen molar-refractivity contribution in [2.24, 2.45) is 11.8 Å². The molecule has 0 radical (unpaired) electrons. The molecule has 1 N–H and O–H groups in total. The van der Waals surface area contributed by atoms with Crippen molar-refractivity contribution < 1.29 is 13.2 Å². The topological polar surface area (TPSA) is 12.0 Å². The first kappa shape index (κ1) is 11.3. The highest BCUT2D eigenvalue weighted by Crippen LogP contribution is 2.32. The van der Waals surface area contributed by atoms with Gasteiger partial charge < -0.3 is 5.32 Å². The SMILES string of the molecule is CC(C)C1CNc2c(cc(F)c(F)c2F)C1. The highest BCUT2D eigenvalue weighted by Gasteiger charge is 2.26. The first-order valence-electron chi connectivity index (χ1n) is 5.41. The van der Waals surface area contributed by atoms with Crippen LogP contribution in [0.1, 0.15) is 19.4 Å². The van der Waals surface area contributed by atoms with Gasteiger partial charge >= 0.3 is 0 Å². The van der Waals surface area contributed by atoms with Crippen molar-refractivity contribution in [2.75, 3.05) is 11.9 Å². The third-order valence-electron chi connectivity index (χ3n) is 3.21. The molecule has 1 heterocycles. The summed E-state index contributed by atoms with van der Waals surface area (Å²) in [5.41, 5.74) is 0.650. The first-order chi connectivity index (χ1) is 7.50. The van der Waals surface area contributed by atoms with E-state index in [0.717, 1.165) is 6.07 Å². The van der Waals surface area contributed by atoms with Crippen LogP contribution >= 0.6 is 0 Å². The van der Waals surface area contributed by atoms with Crippen LogP contribution in [0.15, 0.2) is 6.07 Å². The van der Waals surface area contributed by atoms with Gasteiger partial charge in [-0.05, 0) is 29.9 Å². The maximum absolute atomic E-state index is 13.4. The smallest absolute Gasteiger partial charge is 0.196 e. The second kappa shape index (κ2) is 4.00. The van der Waals surface area contributed by atoms with E-state index in [0.29, 0.717) is 30.4 Å². The fourth-order valence-electron chi connectivity index (χ4n) is 2.06. The largest absolute Gasteiger partial charge is 0.382 e. The Morgan fingerprint density at radius 1 is 1.25 bits per heavy atom. The van der Waals surface area contributed by atoms with E-state index in [2.05, 4.69) is 19.2 Å². The van der Waals surface area contributed by atoms with Crippen LogP contribution in [-0.2, 0) is 6.42 Å². The van der Waals surface area contributed by atoms with Crippen LogP contribution in [0.25, 0.3) is 0 Å². The number of rotatable bonds is 1. The number of hydrogen-bond donors (Lipinski definition) is 1. The Morgan fingerprint density at radius 3 is 2.56 bits per heavy atom. The quantitative estimate of drug-likeness (QED) is 0.728. The summed E-state index contributed by atoms with van der Waals surface area (Å²) < 4.78 is 39.4. The van der Waals surface area contributed by atoms with E-state index in [1.54, 1.807) is 0 Å². The molecule has 1 aliphatic heterocycles. The zero-order valence-corrected chi connectivity index (χ0v) is 9.28. The van der Waals surface area contributed by atoms with Crippen molar-refractivity contribution in [3.8, 4) is 0 Å². The molecule has 1 aromatic carbocycles. The number of halogens is 3. The predicted octanol–water partition coefficient (Wildman–Crippen LogP) is 3.34. The summed E-state index contributed by atoms with van der Waals surface area (Å²) in [5.74, 6) is -2.84. The van der Waals surface area contributed by atoms with Gasteiger partial charge in [0.15, 0.2) is 17.5 Å². The molecule has 0 spiro atoms. The molecular formula is C12H14F3N.